The molecule has 0 radical (unpaired) electrons. The van der Waals surface area contributed by atoms with E-state index in [1.807, 2.05) is 0 Å². The van der Waals surface area contributed by atoms with Crippen molar-refractivity contribution >= 4 is 25.1 Å². The number of benzene rings is 1. The third kappa shape index (κ3) is 2.61. The molecule has 1 N–H and O–H groups in total. The van der Waals surface area contributed by atoms with Crippen molar-refractivity contribution in [3.63, 3.8) is 0 Å². The quantitative estimate of drug-likeness (QED) is 0.733. The van der Waals surface area contributed by atoms with Crippen molar-refractivity contribution in [2.45, 2.75) is 58.2 Å². The Hall–Kier alpha value is -1.62. The molecule has 1 aromatic carbocycles. The number of carboxylic acids is 1. The van der Waals surface area contributed by atoms with Crippen molar-refractivity contribution < 1.29 is 14.3 Å². The second kappa shape index (κ2) is 6.11. The van der Waals surface area contributed by atoms with Gasteiger partial charge in [0.2, 0.25) is 0 Å². The van der Waals surface area contributed by atoms with Crippen LogP contribution >= 0.6 is 0 Å². The minimum Gasteiger partial charge on any atom is -0.478 e. The number of hydrogen-bond donors (Lipinski definition) is 1. The summed E-state index contributed by atoms with van der Waals surface area (Å²) in [4.78, 5) is 11.7. The van der Waals surface area contributed by atoms with Gasteiger partial charge in [0, 0.05) is 17.1 Å². The summed E-state index contributed by atoms with van der Waals surface area (Å²) < 4.78 is 15.9. The molecule has 3 nitrogen and oxygen atoms in total. The van der Waals surface area contributed by atoms with Gasteiger partial charge < -0.3 is 9.34 Å². The minimum absolute atomic E-state index is 0.193. The third-order valence-electron chi connectivity index (χ3n) is 5.19. The first-order valence-electron chi connectivity index (χ1n) is 8.18. The summed E-state index contributed by atoms with van der Waals surface area (Å²) in [5, 5.41) is 10.0. The molecule has 0 bridgehead atoms. The largest absolute Gasteiger partial charge is 0.478 e. The predicted octanol–water partition coefficient (Wildman–Crippen LogP) is 5.50. The van der Waals surface area contributed by atoms with E-state index in [2.05, 4.69) is 45.8 Å². The molecule has 2 rings (SSSR count). The Morgan fingerprint density at radius 1 is 1.09 bits per heavy atom. The van der Waals surface area contributed by atoms with Crippen LogP contribution in [0.4, 0.5) is 4.39 Å². The van der Waals surface area contributed by atoms with Crippen LogP contribution in [0.1, 0.15) is 51.9 Å². The van der Waals surface area contributed by atoms with E-state index in [1.165, 1.54) is 12.1 Å². The fourth-order valence-corrected chi connectivity index (χ4v) is 11.2. The maximum atomic E-state index is 13.7. The number of carboxylic acid groups (broad SMARTS) is 1. The molecule has 1 heterocycles. The predicted molar refractivity (Wildman–Crippen MR) is 95.3 cm³/mol. The lowest BCUT2D eigenvalue weighted by atomic mass is 10.2. The number of carbonyl (C=O) groups is 1. The Bertz CT molecular complexity index is 712. The van der Waals surface area contributed by atoms with Crippen LogP contribution in [-0.2, 0) is 0 Å². The van der Waals surface area contributed by atoms with E-state index >= 15 is 0 Å². The smallest absolute Gasteiger partial charge is 0.337 e. The third-order valence-corrected chi connectivity index (χ3v) is 11.9. The highest BCUT2D eigenvalue weighted by molar-refractivity contribution is 6.82. The molecule has 0 fully saturated rings. The number of halogens is 1. The molecule has 0 aliphatic carbocycles. The zero-order valence-electron chi connectivity index (χ0n) is 14.7. The van der Waals surface area contributed by atoms with Gasteiger partial charge in [-0.2, -0.15) is 0 Å². The van der Waals surface area contributed by atoms with Crippen molar-refractivity contribution in [1.29, 1.82) is 0 Å². The van der Waals surface area contributed by atoms with Crippen LogP contribution in [-0.4, -0.2) is 23.5 Å². The van der Waals surface area contributed by atoms with Crippen LogP contribution in [0, 0.1) is 5.82 Å². The maximum absolute atomic E-state index is 13.7. The highest BCUT2D eigenvalue weighted by Gasteiger charge is 2.46. The first-order valence-corrected chi connectivity index (χ1v) is 10.4. The Morgan fingerprint density at radius 3 is 2.04 bits per heavy atom. The van der Waals surface area contributed by atoms with E-state index in [-0.39, 0.29) is 5.56 Å². The summed E-state index contributed by atoms with van der Waals surface area (Å²) in [5.74, 6) is -1.40. The topological polar surface area (TPSA) is 42.2 Å². The van der Waals surface area contributed by atoms with Crippen molar-refractivity contribution in [3.05, 3.63) is 35.8 Å². The first kappa shape index (κ1) is 17.7. The molecule has 0 saturated carbocycles. The van der Waals surface area contributed by atoms with Crippen LogP contribution in [0.15, 0.2) is 24.4 Å². The van der Waals surface area contributed by atoms with Crippen LogP contribution in [0.25, 0.3) is 10.9 Å². The maximum Gasteiger partial charge on any atom is 0.337 e. The summed E-state index contributed by atoms with van der Waals surface area (Å²) >= 11 is 0. The summed E-state index contributed by atoms with van der Waals surface area (Å²) in [5.41, 5.74) is 2.34. The summed E-state index contributed by atoms with van der Waals surface area (Å²) in [6.45, 7) is 13.3. The SMILES string of the molecule is CC(C)[Si](C(C)C)(C(C)C)n1cc(C(=O)O)c2cc(F)ccc21. The van der Waals surface area contributed by atoms with Crippen LogP contribution in [0.2, 0.25) is 16.6 Å². The van der Waals surface area contributed by atoms with E-state index in [4.69, 9.17) is 0 Å². The molecule has 2 aromatic rings. The normalized spacial score (nSPS) is 12.8. The molecule has 0 unspecified atom stereocenters. The molecular weight excluding hydrogens is 309 g/mol. The molecule has 23 heavy (non-hydrogen) atoms. The number of hydrogen-bond acceptors (Lipinski definition) is 1. The first-order chi connectivity index (χ1) is 10.6. The second-order valence-corrected chi connectivity index (χ2v) is 13.0. The Morgan fingerprint density at radius 2 is 1.61 bits per heavy atom. The van der Waals surface area contributed by atoms with Crippen LogP contribution in [0.5, 0.6) is 0 Å². The number of aromatic nitrogens is 1. The Labute approximate surface area is 138 Å². The molecule has 0 saturated heterocycles. The van der Waals surface area contributed by atoms with Gasteiger partial charge in [-0.3, -0.25) is 0 Å². The number of aromatic carboxylic acids is 1. The van der Waals surface area contributed by atoms with Crippen molar-refractivity contribution in [2.24, 2.45) is 0 Å². The van der Waals surface area contributed by atoms with Gasteiger partial charge in [0.15, 0.2) is 8.24 Å². The number of fused-ring (bicyclic) bond motifs is 1. The molecule has 0 aliphatic rings. The molecular formula is C18H26FNO2Si. The minimum atomic E-state index is -2.08. The number of rotatable bonds is 5. The summed E-state index contributed by atoms with van der Waals surface area (Å²) in [7, 11) is -2.08. The molecule has 0 amide bonds. The van der Waals surface area contributed by atoms with Crippen LogP contribution in [0.3, 0.4) is 0 Å². The van der Waals surface area contributed by atoms with Gasteiger partial charge in [0.1, 0.15) is 5.82 Å². The van der Waals surface area contributed by atoms with E-state index in [1.54, 1.807) is 12.3 Å². The fraction of sp³-hybridized carbons (Fsp3) is 0.500. The lowest BCUT2D eigenvalue weighted by Crippen LogP contribution is -2.51. The highest BCUT2D eigenvalue weighted by atomic mass is 28.3. The standard InChI is InChI=1S/C18H26FNO2Si/c1-11(2)23(12(3)4,13(5)6)20-10-16(18(21)22)15-9-14(19)7-8-17(15)20/h7-13H,1-6H3,(H,21,22). The van der Waals surface area contributed by atoms with Crippen LogP contribution < -0.4 is 0 Å². The van der Waals surface area contributed by atoms with Crippen molar-refractivity contribution in [3.8, 4) is 0 Å². The average molecular weight is 335 g/mol. The second-order valence-electron chi connectivity index (χ2n) is 7.23. The molecule has 0 aliphatic heterocycles. The molecule has 5 heteroatoms. The van der Waals surface area contributed by atoms with Crippen molar-refractivity contribution in [2.75, 3.05) is 0 Å². The lowest BCUT2D eigenvalue weighted by molar-refractivity contribution is 0.0699. The zero-order valence-corrected chi connectivity index (χ0v) is 15.7. The molecule has 1 aromatic heterocycles. The Balaban J connectivity index is 2.92. The van der Waals surface area contributed by atoms with Gasteiger partial charge >= 0.3 is 5.97 Å². The van der Waals surface area contributed by atoms with E-state index < -0.39 is 20.0 Å². The van der Waals surface area contributed by atoms with E-state index in [0.29, 0.717) is 22.0 Å². The van der Waals surface area contributed by atoms with Gasteiger partial charge in [-0.25, -0.2) is 9.18 Å². The summed E-state index contributed by atoms with van der Waals surface area (Å²) in [6, 6.07) is 4.49. The summed E-state index contributed by atoms with van der Waals surface area (Å²) in [6.07, 6.45) is 1.75. The van der Waals surface area contributed by atoms with Crippen molar-refractivity contribution in [1.82, 2.24) is 4.23 Å². The lowest BCUT2D eigenvalue weighted by Gasteiger charge is -2.44. The van der Waals surface area contributed by atoms with Gasteiger partial charge in [0.25, 0.3) is 0 Å². The van der Waals surface area contributed by atoms with Gasteiger partial charge in [-0.1, -0.05) is 41.5 Å². The molecule has 126 valence electrons. The van der Waals surface area contributed by atoms with Gasteiger partial charge in [0.05, 0.1) is 5.56 Å². The van der Waals surface area contributed by atoms with Gasteiger partial charge in [-0.15, -0.1) is 0 Å². The molecule has 0 atom stereocenters. The highest BCUT2D eigenvalue weighted by Crippen LogP contribution is 2.44. The average Bonchev–Trinajstić information content (AvgIpc) is 2.77. The monoisotopic (exact) mass is 335 g/mol. The molecule has 0 spiro atoms. The Kier molecular flexibility index (Phi) is 4.71. The van der Waals surface area contributed by atoms with E-state index in [0.717, 1.165) is 5.52 Å². The van der Waals surface area contributed by atoms with E-state index in [9.17, 15) is 14.3 Å². The zero-order chi connectivity index (χ0) is 17.5. The number of nitrogens with zero attached hydrogens (tertiary/aromatic N) is 1. The fourth-order valence-electron chi connectivity index (χ4n) is 4.53. The van der Waals surface area contributed by atoms with Gasteiger partial charge in [-0.05, 0) is 34.8 Å².